The molecule has 6 heteroatoms. The van der Waals surface area contributed by atoms with Gasteiger partial charge in [0.15, 0.2) is 6.29 Å². The molecule has 3 aromatic rings. The van der Waals surface area contributed by atoms with E-state index in [0.29, 0.717) is 22.5 Å². The summed E-state index contributed by atoms with van der Waals surface area (Å²) in [4.78, 5) is 15.2. The first-order valence-electron chi connectivity index (χ1n) is 6.55. The first-order valence-corrected chi connectivity index (χ1v) is 6.55. The number of imidazole rings is 1. The lowest BCUT2D eigenvalue weighted by molar-refractivity contribution is -0.137. The number of aromatic nitrogens is 2. The first-order chi connectivity index (χ1) is 10.5. The van der Waals surface area contributed by atoms with Crippen LogP contribution in [0.15, 0.2) is 48.8 Å². The molecule has 0 aliphatic rings. The molecule has 3 rings (SSSR count). The van der Waals surface area contributed by atoms with Gasteiger partial charge in [-0.15, -0.1) is 0 Å². The molecule has 0 fully saturated rings. The smallest absolute Gasteiger partial charge is 0.303 e. The van der Waals surface area contributed by atoms with E-state index in [1.165, 1.54) is 6.07 Å². The number of carbonyl (C=O) groups is 1. The van der Waals surface area contributed by atoms with Crippen molar-refractivity contribution in [3.63, 3.8) is 0 Å². The molecule has 0 bridgehead atoms. The second kappa shape index (κ2) is 5.29. The molecule has 0 amide bonds. The third-order valence-electron chi connectivity index (χ3n) is 3.42. The minimum Gasteiger partial charge on any atom is -0.303 e. The molecule has 0 unspecified atom stereocenters. The molecule has 1 aromatic carbocycles. The number of rotatable bonds is 3. The van der Waals surface area contributed by atoms with E-state index in [1.54, 1.807) is 35.0 Å². The number of hydrogen-bond donors (Lipinski definition) is 0. The second-order valence-electron chi connectivity index (χ2n) is 4.89. The lowest BCUT2D eigenvalue weighted by Crippen LogP contribution is -2.06. The SMILES string of the molecule is O=Cc1cccn2c(Cc3cccc(C(F)(F)F)c3)ncc12. The number of aldehydes is 1. The summed E-state index contributed by atoms with van der Waals surface area (Å²) < 4.78 is 39.9. The summed E-state index contributed by atoms with van der Waals surface area (Å²) in [5.74, 6) is 0.582. The highest BCUT2D eigenvalue weighted by Gasteiger charge is 2.30. The van der Waals surface area contributed by atoms with Gasteiger partial charge >= 0.3 is 6.18 Å². The van der Waals surface area contributed by atoms with Crippen molar-refractivity contribution < 1.29 is 18.0 Å². The van der Waals surface area contributed by atoms with Gasteiger partial charge < -0.3 is 4.40 Å². The summed E-state index contributed by atoms with van der Waals surface area (Å²) in [6, 6.07) is 8.53. The van der Waals surface area contributed by atoms with Crippen LogP contribution in [0.25, 0.3) is 5.52 Å². The van der Waals surface area contributed by atoms with E-state index in [1.807, 2.05) is 0 Å². The fourth-order valence-corrected chi connectivity index (χ4v) is 2.37. The Morgan fingerprint density at radius 1 is 1.18 bits per heavy atom. The standard InChI is InChI=1S/C16H11F3N2O/c17-16(18,19)13-5-1-3-11(7-13)8-15-20-9-14-12(10-22)4-2-6-21(14)15/h1-7,9-10H,8H2. The minimum atomic E-state index is -4.37. The Morgan fingerprint density at radius 2 is 2.00 bits per heavy atom. The van der Waals surface area contributed by atoms with Crippen LogP contribution in [-0.4, -0.2) is 15.7 Å². The number of halogens is 3. The van der Waals surface area contributed by atoms with Gasteiger partial charge in [0.1, 0.15) is 5.82 Å². The maximum Gasteiger partial charge on any atom is 0.416 e. The summed E-state index contributed by atoms with van der Waals surface area (Å²) >= 11 is 0. The predicted molar refractivity (Wildman–Crippen MR) is 74.8 cm³/mol. The lowest BCUT2D eigenvalue weighted by Gasteiger charge is -2.08. The quantitative estimate of drug-likeness (QED) is 0.691. The summed E-state index contributed by atoms with van der Waals surface area (Å²) in [6.07, 6.45) is -0.105. The predicted octanol–water partition coefficient (Wildman–Crippen LogP) is 3.76. The van der Waals surface area contributed by atoms with E-state index >= 15 is 0 Å². The molecule has 0 atom stereocenters. The average molecular weight is 304 g/mol. The van der Waals surface area contributed by atoms with Crippen LogP contribution in [0.3, 0.4) is 0 Å². The highest BCUT2D eigenvalue weighted by Crippen LogP contribution is 2.30. The Balaban J connectivity index is 1.99. The molecule has 112 valence electrons. The van der Waals surface area contributed by atoms with Gasteiger partial charge in [0.2, 0.25) is 0 Å². The zero-order valence-corrected chi connectivity index (χ0v) is 11.3. The molecule has 3 nitrogen and oxygen atoms in total. The van der Waals surface area contributed by atoms with Crippen molar-refractivity contribution in [1.29, 1.82) is 0 Å². The lowest BCUT2D eigenvalue weighted by atomic mass is 10.1. The van der Waals surface area contributed by atoms with Crippen LogP contribution in [0.5, 0.6) is 0 Å². The largest absolute Gasteiger partial charge is 0.416 e. The maximum atomic E-state index is 12.7. The highest BCUT2D eigenvalue weighted by atomic mass is 19.4. The molecule has 0 saturated heterocycles. The third kappa shape index (κ3) is 2.59. The number of benzene rings is 1. The maximum absolute atomic E-state index is 12.7. The summed E-state index contributed by atoms with van der Waals surface area (Å²) in [6.45, 7) is 0. The van der Waals surface area contributed by atoms with Crippen molar-refractivity contribution in [2.45, 2.75) is 12.6 Å². The van der Waals surface area contributed by atoms with Crippen molar-refractivity contribution in [1.82, 2.24) is 9.38 Å². The molecule has 2 aromatic heterocycles. The fraction of sp³-hybridized carbons (Fsp3) is 0.125. The van der Waals surface area contributed by atoms with Gasteiger partial charge in [0.25, 0.3) is 0 Å². The average Bonchev–Trinajstić information content (AvgIpc) is 2.90. The Kier molecular flexibility index (Phi) is 3.44. The Morgan fingerprint density at radius 3 is 2.73 bits per heavy atom. The molecule has 0 N–H and O–H groups in total. The van der Waals surface area contributed by atoms with Crippen molar-refractivity contribution in [2.75, 3.05) is 0 Å². The van der Waals surface area contributed by atoms with Gasteiger partial charge in [-0.25, -0.2) is 4.98 Å². The van der Waals surface area contributed by atoms with Gasteiger partial charge in [0, 0.05) is 18.2 Å². The molecule has 0 aliphatic carbocycles. The summed E-state index contributed by atoms with van der Waals surface area (Å²) in [7, 11) is 0. The van der Waals surface area contributed by atoms with E-state index in [-0.39, 0.29) is 6.42 Å². The number of hydrogen-bond acceptors (Lipinski definition) is 2. The fourth-order valence-electron chi connectivity index (χ4n) is 2.37. The Labute approximate surface area is 124 Å². The van der Waals surface area contributed by atoms with E-state index < -0.39 is 11.7 Å². The van der Waals surface area contributed by atoms with Crippen LogP contribution in [0, 0.1) is 0 Å². The highest BCUT2D eigenvalue weighted by molar-refractivity contribution is 5.85. The van der Waals surface area contributed by atoms with Crippen LogP contribution >= 0.6 is 0 Å². The van der Waals surface area contributed by atoms with E-state index in [2.05, 4.69) is 4.98 Å². The van der Waals surface area contributed by atoms with Gasteiger partial charge in [0.05, 0.1) is 17.3 Å². The summed E-state index contributed by atoms with van der Waals surface area (Å²) in [5.41, 5.74) is 0.961. The number of nitrogens with zero attached hydrogens (tertiary/aromatic N) is 2. The molecule has 2 heterocycles. The van der Waals surface area contributed by atoms with Crippen molar-refractivity contribution in [3.05, 3.63) is 71.3 Å². The molecule has 22 heavy (non-hydrogen) atoms. The molecular formula is C16H11F3N2O. The molecular weight excluding hydrogens is 293 g/mol. The molecule has 0 aliphatic heterocycles. The Bertz CT molecular complexity index is 837. The Hall–Kier alpha value is -2.63. The van der Waals surface area contributed by atoms with Gasteiger partial charge in [-0.1, -0.05) is 18.2 Å². The minimum absolute atomic E-state index is 0.250. The zero-order chi connectivity index (χ0) is 15.7. The van der Waals surface area contributed by atoms with Gasteiger partial charge in [-0.05, 0) is 23.8 Å². The van der Waals surface area contributed by atoms with Crippen LogP contribution in [0.2, 0.25) is 0 Å². The normalized spacial score (nSPS) is 11.8. The van der Waals surface area contributed by atoms with Crippen LogP contribution < -0.4 is 0 Å². The number of carbonyl (C=O) groups excluding carboxylic acids is 1. The van der Waals surface area contributed by atoms with E-state index in [4.69, 9.17) is 0 Å². The molecule has 0 radical (unpaired) electrons. The zero-order valence-electron chi connectivity index (χ0n) is 11.3. The number of alkyl halides is 3. The van der Waals surface area contributed by atoms with Crippen LogP contribution in [0.1, 0.15) is 27.3 Å². The van der Waals surface area contributed by atoms with Crippen molar-refractivity contribution in [2.24, 2.45) is 0 Å². The number of fused-ring (bicyclic) bond motifs is 1. The third-order valence-corrected chi connectivity index (χ3v) is 3.42. The van der Waals surface area contributed by atoms with Crippen LogP contribution in [0.4, 0.5) is 13.2 Å². The topological polar surface area (TPSA) is 34.4 Å². The molecule has 0 spiro atoms. The van der Waals surface area contributed by atoms with Gasteiger partial charge in [-0.3, -0.25) is 4.79 Å². The van der Waals surface area contributed by atoms with Crippen molar-refractivity contribution in [3.8, 4) is 0 Å². The van der Waals surface area contributed by atoms with E-state index in [0.717, 1.165) is 18.4 Å². The molecule has 0 saturated carbocycles. The summed E-state index contributed by atoms with van der Waals surface area (Å²) in [5, 5.41) is 0. The van der Waals surface area contributed by atoms with Crippen molar-refractivity contribution >= 4 is 11.8 Å². The van der Waals surface area contributed by atoms with Gasteiger partial charge in [-0.2, -0.15) is 13.2 Å². The van der Waals surface area contributed by atoms with Crippen LogP contribution in [-0.2, 0) is 12.6 Å². The first kappa shape index (κ1) is 14.3. The second-order valence-corrected chi connectivity index (χ2v) is 4.89. The van der Waals surface area contributed by atoms with E-state index in [9.17, 15) is 18.0 Å². The monoisotopic (exact) mass is 304 g/mol. The number of pyridine rings is 1.